The van der Waals surface area contributed by atoms with Crippen LogP contribution < -0.4 is 21.7 Å². The molecule has 2 aromatic carbocycles. The van der Waals surface area contributed by atoms with E-state index in [-0.39, 0.29) is 16.8 Å². The minimum atomic E-state index is -2.19. The molecule has 125 valence electrons. The van der Waals surface area contributed by atoms with Gasteiger partial charge in [-0.3, -0.25) is 0 Å². The van der Waals surface area contributed by atoms with Crippen LogP contribution in [0.25, 0.3) is 0 Å². The van der Waals surface area contributed by atoms with Crippen LogP contribution in [0.15, 0.2) is 48.5 Å². The third kappa shape index (κ3) is 12.9. The van der Waals surface area contributed by atoms with Gasteiger partial charge in [0.1, 0.15) is 0 Å². The summed E-state index contributed by atoms with van der Waals surface area (Å²) in [5, 5.41) is 17.9. The number of carbonyl (C=O) groups excluding carboxylic acids is 2. The zero-order valence-electron chi connectivity index (χ0n) is 12.7. The van der Waals surface area contributed by atoms with Crippen molar-refractivity contribution in [2.45, 2.75) is 13.8 Å². The number of carboxylic acids is 2. The fraction of sp³-hybridized carbons (Fsp3) is 0.125. The van der Waals surface area contributed by atoms with Gasteiger partial charge < -0.3 is 31.3 Å². The third-order valence-electron chi connectivity index (χ3n) is 2.25. The Balaban J connectivity index is 0. The fourth-order valence-corrected chi connectivity index (χ4v) is 1.34. The molecule has 0 amide bonds. The van der Waals surface area contributed by atoms with Crippen LogP contribution in [0.1, 0.15) is 11.1 Å². The maximum atomic E-state index is 8.93. The van der Waals surface area contributed by atoms with Gasteiger partial charge in [0.15, 0.2) is 0 Å². The Hall–Kier alpha value is -2.51. The molecule has 0 saturated carbocycles. The van der Waals surface area contributed by atoms with Gasteiger partial charge >= 0.3 is 16.8 Å². The van der Waals surface area contributed by atoms with E-state index in [1.807, 2.05) is 62.4 Å². The molecule has 0 aliphatic carbocycles. The molecule has 0 bridgehead atoms. The van der Waals surface area contributed by atoms with Crippen LogP contribution in [0.3, 0.4) is 0 Å². The molecule has 0 spiro atoms. The fourth-order valence-electron chi connectivity index (χ4n) is 1.34. The van der Waals surface area contributed by atoms with E-state index < -0.39 is 11.9 Å². The minimum absolute atomic E-state index is 0. The summed E-state index contributed by atoms with van der Waals surface area (Å²) in [6.45, 7) is 4.05. The predicted molar refractivity (Wildman–Crippen MR) is 81.2 cm³/mol. The van der Waals surface area contributed by atoms with Gasteiger partial charge in [0.05, 0.1) is 11.9 Å². The number of anilines is 2. The Morgan fingerprint density at radius 1 is 0.783 bits per heavy atom. The van der Waals surface area contributed by atoms with Gasteiger partial charge in [0.2, 0.25) is 0 Å². The van der Waals surface area contributed by atoms with E-state index >= 15 is 0 Å². The summed E-state index contributed by atoms with van der Waals surface area (Å²) in [6.07, 6.45) is 0. The summed E-state index contributed by atoms with van der Waals surface area (Å²) in [7, 11) is 0. The van der Waals surface area contributed by atoms with E-state index in [1.165, 1.54) is 11.1 Å². The Labute approximate surface area is 145 Å². The number of aliphatic carboxylic acids is 2. The number of benzene rings is 2. The minimum Gasteiger partial charge on any atom is -0.543 e. The zero-order chi connectivity index (χ0) is 17.1. The van der Waals surface area contributed by atoms with Crippen molar-refractivity contribution in [2.75, 3.05) is 11.5 Å². The topological polar surface area (TPSA) is 132 Å². The van der Waals surface area contributed by atoms with E-state index in [0.717, 1.165) is 11.4 Å². The van der Waals surface area contributed by atoms with Crippen molar-refractivity contribution in [1.29, 1.82) is 0 Å². The number of hydrogen-bond donors (Lipinski definition) is 2. The van der Waals surface area contributed by atoms with Crippen molar-refractivity contribution < 1.29 is 36.6 Å². The molecule has 0 heterocycles. The van der Waals surface area contributed by atoms with Crippen molar-refractivity contribution >= 4 is 23.3 Å². The summed E-state index contributed by atoms with van der Waals surface area (Å²) < 4.78 is 0. The van der Waals surface area contributed by atoms with Gasteiger partial charge in [-0.25, -0.2) is 0 Å². The van der Waals surface area contributed by atoms with Crippen LogP contribution in [-0.2, 0) is 26.4 Å². The average Bonchev–Trinajstić information content (AvgIpc) is 2.39. The van der Waals surface area contributed by atoms with Gasteiger partial charge in [-0.05, 0) is 49.2 Å². The van der Waals surface area contributed by atoms with Crippen molar-refractivity contribution in [1.82, 2.24) is 0 Å². The van der Waals surface area contributed by atoms with E-state index in [4.69, 9.17) is 31.3 Å². The monoisotopic (exact) mass is 361 g/mol. The van der Waals surface area contributed by atoms with E-state index in [0.29, 0.717) is 0 Å². The van der Waals surface area contributed by atoms with Crippen molar-refractivity contribution in [3.63, 3.8) is 0 Å². The molecule has 0 atom stereocenters. The molecule has 4 N–H and O–H groups in total. The Morgan fingerprint density at radius 3 is 1.22 bits per heavy atom. The molecule has 7 heteroatoms. The van der Waals surface area contributed by atoms with Gasteiger partial charge in [0, 0.05) is 11.4 Å². The quantitative estimate of drug-likeness (QED) is 0.486. The first kappa shape index (κ1) is 22.8. The summed E-state index contributed by atoms with van der Waals surface area (Å²) in [5.41, 5.74) is 15.0. The number of hydrogen-bond acceptors (Lipinski definition) is 6. The van der Waals surface area contributed by atoms with Crippen LogP contribution in [0.5, 0.6) is 0 Å². The van der Waals surface area contributed by atoms with Crippen LogP contribution in [0.4, 0.5) is 11.4 Å². The third-order valence-corrected chi connectivity index (χ3v) is 2.25. The second-order valence-corrected chi connectivity index (χ2v) is 4.40. The molecular weight excluding hydrogens is 343 g/mol. The molecule has 0 saturated heterocycles. The zero-order valence-corrected chi connectivity index (χ0v) is 13.8. The molecule has 2 rings (SSSR count). The molecular formula is C16H18CoN2O4. The van der Waals surface area contributed by atoms with Gasteiger partial charge in [0.25, 0.3) is 0 Å². The molecule has 0 aromatic heterocycles. The van der Waals surface area contributed by atoms with Crippen LogP contribution in [0, 0.1) is 13.8 Å². The van der Waals surface area contributed by atoms with Gasteiger partial charge in [-0.2, -0.15) is 0 Å². The normalized spacial score (nSPS) is 8.26. The number of carbonyl (C=O) groups is 2. The first-order chi connectivity index (χ1) is 10.2. The van der Waals surface area contributed by atoms with E-state index in [9.17, 15) is 0 Å². The number of carboxylic acid groups (broad SMARTS) is 2. The van der Waals surface area contributed by atoms with Crippen molar-refractivity contribution in [2.24, 2.45) is 0 Å². The number of nitrogens with two attached hydrogens (primary N) is 2. The second-order valence-electron chi connectivity index (χ2n) is 4.40. The largest absolute Gasteiger partial charge is 2.00 e. The van der Waals surface area contributed by atoms with Crippen molar-refractivity contribution in [3.8, 4) is 0 Å². The summed E-state index contributed by atoms with van der Waals surface area (Å²) in [4.78, 5) is 17.9. The van der Waals surface area contributed by atoms with Gasteiger partial charge in [-0.15, -0.1) is 0 Å². The SMILES string of the molecule is Cc1cccc(N)c1.Cc1cccc(N)c1.O=C([O-])C(=O)[O-].[Co+2]. The summed E-state index contributed by atoms with van der Waals surface area (Å²) in [6, 6.07) is 15.6. The summed E-state index contributed by atoms with van der Waals surface area (Å²) >= 11 is 0. The molecule has 1 radical (unpaired) electrons. The van der Waals surface area contributed by atoms with Crippen molar-refractivity contribution in [3.05, 3.63) is 59.7 Å². The first-order valence-corrected chi connectivity index (χ1v) is 6.29. The molecule has 0 fully saturated rings. The Bertz CT molecular complexity index is 543. The van der Waals surface area contributed by atoms with E-state index in [1.54, 1.807) is 0 Å². The average molecular weight is 361 g/mol. The molecule has 6 nitrogen and oxygen atoms in total. The van der Waals surface area contributed by atoms with Crippen LogP contribution in [-0.4, -0.2) is 11.9 Å². The number of rotatable bonds is 0. The smallest absolute Gasteiger partial charge is 0.543 e. The molecule has 0 aliphatic heterocycles. The Morgan fingerprint density at radius 2 is 1.09 bits per heavy atom. The second kappa shape index (κ2) is 12.1. The molecule has 0 aliphatic rings. The standard InChI is InChI=1S/2C7H9N.C2H2O4.Co/c2*1-6-3-2-4-7(8)5-6;3-1(4)2(5)6;/h2*2-5H,8H2,1H3;(H,3,4)(H,5,6);/q;;;+2/p-2. The summed E-state index contributed by atoms with van der Waals surface area (Å²) in [5.74, 6) is -4.37. The Kier molecular flexibility index (Phi) is 11.9. The van der Waals surface area contributed by atoms with Crippen LogP contribution in [0.2, 0.25) is 0 Å². The van der Waals surface area contributed by atoms with E-state index in [2.05, 4.69) is 0 Å². The van der Waals surface area contributed by atoms with Crippen LogP contribution >= 0.6 is 0 Å². The number of nitrogen functional groups attached to an aromatic ring is 2. The first-order valence-electron chi connectivity index (χ1n) is 6.29. The van der Waals surface area contributed by atoms with Gasteiger partial charge in [-0.1, -0.05) is 24.3 Å². The molecule has 23 heavy (non-hydrogen) atoms. The molecule has 0 unspecified atom stereocenters. The predicted octanol–water partition coefficient (Wildman–Crippen LogP) is -0.362. The maximum Gasteiger partial charge on any atom is 2.00 e. The number of aryl methyl sites for hydroxylation is 2. The molecule has 2 aromatic rings. The maximum absolute atomic E-state index is 8.93.